The van der Waals surface area contributed by atoms with Gasteiger partial charge in [-0.25, -0.2) is 0 Å². The van der Waals surface area contributed by atoms with Gasteiger partial charge < -0.3 is 10.2 Å². The second-order valence-corrected chi connectivity index (χ2v) is 5.23. The van der Waals surface area contributed by atoms with Crippen LogP contribution in [0.5, 0.6) is 0 Å². The Labute approximate surface area is 132 Å². The van der Waals surface area contributed by atoms with Gasteiger partial charge in [-0.2, -0.15) is 0 Å². The number of anilines is 3. The van der Waals surface area contributed by atoms with Gasteiger partial charge >= 0.3 is 0 Å². The fraction of sp³-hybridized carbons (Fsp3) is 0.100. The first-order chi connectivity index (χ1) is 10.8. The highest BCUT2D eigenvalue weighted by Crippen LogP contribution is 2.28. The molecule has 3 aromatic carbocycles. The monoisotopic (exact) mass is 288 g/mol. The molecule has 110 valence electrons. The van der Waals surface area contributed by atoms with E-state index in [9.17, 15) is 0 Å². The van der Waals surface area contributed by atoms with Crippen molar-refractivity contribution >= 4 is 17.1 Å². The maximum absolute atomic E-state index is 3.56. The number of nitrogens with zero attached hydrogens (tertiary/aromatic N) is 1. The van der Waals surface area contributed by atoms with Gasteiger partial charge in [0.25, 0.3) is 0 Å². The highest BCUT2D eigenvalue weighted by molar-refractivity contribution is 5.65. The zero-order valence-electron chi connectivity index (χ0n) is 12.7. The van der Waals surface area contributed by atoms with Crippen LogP contribution < -0.4 is 10.2 Å². The van der Waals surface area contributed by atoms with Crippen LogP contribution in [-0.2, 0) is 0 Å². The van der Waals surface area contributed by atoms with E-state index in [1.807, 2.05) is 30.3 Å². The molecule has 3 rings (SSSR count). The lowest BCUT2D eigenvalue weighted by atomic mass is 10.2. The third-order valence-electron chi connectivity index (χ3n) is 3.61. The molecule has 0 amide bonds. The van der Waals surface area contributed by atoms with Gasteiger partial charge in [0.1, 0.15) is 6.17 Å². The zero-order chi connectivity index (χ0) is 15.2. The van der Waals surface area contributed by atoms with Crippen molar-refractivity contribution in [2.45, 2.75) is 13.1 Å². The van der Waals surface area contributed by atoms with Gasteiger partial charge in [-0.3, -0.25) is 0 Å². The van der Waals surface area contributed by atoms with Gasteiger partial charge in [-0.05, 0) is 43.3 Å². The Balaban J connectivity index is 1.92. The van der Waals surface area contributed by atoms with Gasteiger partial charge in [-0.15, -0.1) is 0 Å². The first-order valence-corrected chi connectivity index (χ1v) is 7.55. The standard InChI is InChI=1S/C20H20N2/c1-17(21-18-11-5-2-6-12-18)22(19-13-7-3-8-14-19)20-15-9-4-10-16-20/h2-17,21H,1H3. The molecular formula is C20H20N2. The summed E-state index contributed by atoms with van der Waals surface area (Å²) in [5, 5.41) is 3.56. The van der Waals surface area contributed by atoms with E-state index in [1.165, 1.54) is 11.4 Å². The lowest BCUT2D eigenvalue weighted by Crippen LogP contribution is -2.35. The minimum Gasteiger partial charge on any atom is -0.365 e. The van der Waals surface area contributed by atoms with Crippen molar-refractivity contribution in [2.24, 2.45) is 0 Å². The highest BCUT2D eigenvalue weighted by Gasteiger charge is 2.16. The summed E-state index contributed by atoms with van der Waals surface area (Å²) >= 11 is 0. The van der Waals surface area contributed by atoms with Crippen LogP contribution in [0.15, 0.2) is 91.0 Å². The van der Waals surface area contributed by atoms with Crippen molar-refractivity contribution < 1.29 is 0 Å². The van der Waals surface area contributed by atoms with E-state index < -0.39 is 0 Å². The summed E-state index contributed by atoms with van der Waals surface area (Å²) in [7, 11) is 0. The summed E-state index contributed by atoms with van der Waals surface area (Å²) in [6.07, 6.45) is 0.132. The molecule has 0 aromatic heterocycles. The van der Waals surface area contributed by atoms with Gasteiger partial charge in [0.15, 0.2) is 0 Å². The molecule has 0 bridgehead atoms. The predicted octanol–water partition coefficient (Wildman–Crippen LogP) is 5.28. The summed E-state index contributed by atoms with van der Waals surface area (Å²) in [5.41, 5.74) is 3.46. The van der Waals surface area contributed by atoms with Crippen LogP contribution in [-0.4, -0.2) is 6.17 Å². The molecular weight excluding hydrogens is 268 g/mol. The lowest BCUT2D eigenvalue weighted by molar-refractivity contribution is 0.804. The molecule has 2 nitrogen and oxygen atoms in total. The van der Waals surface area contributed by atoms with Gasteiger partial charge in [0.2, 0.25) is 0 Å². The van der Waals surface area contributed by atoms with Crippen LogP contribution in [0, 0.1) is 0 Å². The number of para-hydroxylation sites is 3. The molecule has 1 atom stereocenters. The number of nitrogens with one attached hydrogen (secondary N) is 1. The zero-order valence-corrected chi connectivity index (χ0v) is 12.7. The van der Waals surface area contributed by atoms with Crippen LogP contribution in [0.2, 0.25) is 0 Å². The fourth-order valence-electron chi connectivity index (χ4n) is 2.61. The van der Waals surface area contributed by atoms with E-state index >= 15 is 0 Å². The first kappa shape index (κ1) is 14.2. The van der Waals surface area contributed by atoms with Crippen LogP contribution in [0.3, 0.4) is 0 Å². The molecule has 0 heterocycles. The minimum atomic E-state index is 0.132. The molecule has 1 N–H and O–H groups in total. The van der Waals surface area contributed by atoms with Crippen LogP contribution >= 0.6 is 0 Å². The second-order valence-electron chi connectivity index (χ2n) is 5.23. The molecule has 0 fully saturated rings. The van der Waals surface area contributed by atoms with Crippen molar-refractivity contribution in [1.29, 1.82) is 0 Å². The maximum atomic E-state index is 3.56. The Bertz CT molecular complexity index is 641. The average Bonchev–Trinajstić information content (AvgIpc) is 2.58. The van der Waals surface area contributed by atoms with Gasteiger partial charge in [-0.1, -0.05) is 54.6 Å². The molecule has 22 heavy (non-hydrogen) atoms. The molecule has 0 aliphatic carbocycles. The third kappa shape index (κ3) is 3.29. The Hall–Kier alpha value is -2.74. The minimum absolute atomic E-state index is 0.132. The van der Waals surface area contributed by atoms with Crippen molar-refractivity contribution in [2.75, 3.05) is 10.2 Å². The third-order valence-corrected chi connectivity index (χ3v) is 3.61. The smallest absolute Gasteiger partial charge is 0.101 e. The SMILES string of the molecule is CC(Nc1ccccc1)N(c1ccccc1)c1ccccc1. The van der Waals surface area contributed by atoms with E-state index in [0.717, 1.165) is 5.69 Å². The maximum Gasteiger partial charge on any atom is 0.101 e. The summed E-state index contributed by atoms with van der Waals surface area (Å²) < 4.78 is 0. The molecule has 1 unspecified atom stereocenters. The van der Waals surface area contributed by atoms with Crippen molar-refractivity contribution in [3.8, 4) is 0 Å². The molecule has 2 heteroatoms. The topological polar surface area (TPSA) is 15.3 Å². The quantitative estimate of drug-likeness (QED) is 0.642. The second kappa shape index (κ2) is 6.81. The number of rotatable bonds is 5. The van der Waals surface area contributed by atoms with Crippen molar-refractivity contribution in [3.63, 3.8) is 0 Å². The van der Waals surface area contributed by atoms with Gasteiger partial charge in [0.05, 0.1) is 0 Å². The number of benzene rings is 3. The molecule has 0 saturated heterocycles. The first-order valence-electron chi connectivity index (χ1n) is 7.55. The molecule has 0 saturated carbocycles. The Morgan fingerprint density at radius 2 is 1.05 bits per heavy atom. The molecule has 0 aliphatic heterocycles. The van der Waals surface area contributed by atoms with E-state index in [4.69, 9.17) is 0 Å². The number of hydrogen-bond acceptors (Lipinski definition) is 2. The Morgan fingerprint density at radius 3 is 1.50 bits per heavy atom. The van der Waals surface area contributed by atoms with E-state index in [2.05, 4.69) is 77.8 Å². The van der Waals surface area contributed by atoms with Gasteiger partial charge in [0, 0.05) is 17.1 Å². The van der Waals surface area contributed by atoms with Crippen LogP contribution in [0.1, 0.15) is 6.92 Å². The largest absolute Gasteiger partial charge is 0.365 e. The molecule has 3 aromatic rings. The Kier molecular flexibility index (Phi) is 4.40. The number of hydrogen-bond donors (Lipinski definition) is 1. The van der Waals surface area contributed by atoms with E-state index in [0.29, 0.717) is 0 Å². The van der Waals surface area contributed by atoms with Crippen LogP contribution in [0.4, 0.5) is 17.1 Å². The van der Waals surface area contributed by atoms with E-state index in [1.54, 1.807) is 0 Å². The van der Waals surface area contributed by atoms with Crippen LogP contribution in [0.25, 0.3) is 0 Å². The Morgan fingerprint density at radius 1 is 0.636 bits per heavy atom. The molecule has 0 spiro atoms. The predicted molar refractivity (Wildman–Crippen MR) is 94.5 cm³/mol. The fourth-order valence-corrected chi connectivity index (χ4v) is 2.61. The lowest BCUT2D eigenvalue weighted by Gasteiger charge is -2.32. The summed E-state index contributed by atoms with van der Waals surface area (Å²) in [5.74, 6) is 0. The van der Waals surface area contributed by atoms with Crippen molar-refractivity contribution in [1.82, 2.24) is 0 Å². The molecule has 0 radical (unpaired) electrons. The van der Waals surface area contributed by atoms with E-state index in [-0.39, 0.29) is 6.17 Å². The summed E-state index contributed by atoms with van der Waals surface area (Å²) in [6, 6.07) is 31.2. The highest BCUT2D eigenvalue weighted by atomic mass is 15.3. The average molecular weight is 288 g/mol. The normalized spacial score (nSPS) is 11.7. The summed E-state index contributed by atoms with van der Waals surface area (Å²) in [6.45, 7) is 2.17. The van der Waals surface area contributed by atoms with Crippen molar-refractivity contribution in [3.05, 3.63) is 91.0 Å². The molecule has 0 aliphatic rings. The summed E-state index contributed by atoms with van der Waals surface area (Å²) in [4.78, 5) is 2.30.